The number of sulfonamides is 1. The maximum Gasteiger partial charge on any atom is 0.251 e. The SMILES string of the molecule is CNC(=O)c1ccc(S(=O)(=O)NCc2cn[nH]c2-c2ccc(F)cc2)cc1. The monoisotopic (exact) mass is 388 g/mol. The van der Waals surface area contributed by atoms with Crippen molar-refractivity contribution in [3.05, 3.63) is 71.7 Å². The highest BCUT2D eigenvalue weighted by Gasteiger charge is 2.16. The number of rotatable bonds is 6. The summed E-state index contributed by atoms with van der Waals surface area (Å²) in [7, 11) is -2.28. The summed E-state index contributed by atoms with van der Waals surface area (Å²) < 4.78 is 40.5. The Morgan fingerprint density at radius 3 is 2.41 bits per heavy atom. The van der Waals surface area contributed by atoms with Crippen LogP contribution in [0.15, 0.2) is 59.6 Å². The second-order valence-electron chi connectivity index (χ2n) is 5.71. The van der Waals surface area contributed by atoms with E-state index in [1.54, 1.807) is 12.1 Å². The van der Waals surface area contributed by atoms with Gasteiger partial charge in [0.15, 0.2) is 0 Å². The first-order valence-electron chi connectivity index (χ1n) is 8.01. The van der Waals surface area contributed by atoms with Crippen molar-refractivity contribution >= 4 is 15.9 Å². The predicted molar refractivity (Wildman–Crippen MR) is 97.8 cm³/mol. The molecule has 140 valence electrons. The average molecular weight is 388 g/mol. The molecule has 1 heterocycles. The van der Waals surface area contributed by atoms with E-state index in [4.69, 9.17) is 0 Å². The van der Waals surface area contributed by atoms with Gasteiger partial charge in [-0.15, -0.1) is 0 Å². The fourth-order valence-corrected chi connectivity index (χ4v) is 3.50. The minimum Gasteiger partial charge on any atom is -0.355 e. The van der Waals surface area contributed by atoms with Gasteiger partial charge in [0, 0.05) is 30.3 Å². The summed E-state index contributed by atoms with van der Waals surface area (Å²) in [5.41, 5.74) is 2.28. The summed E-state index contributed by atoms with van der Waals surface area (Å²) in [6, 6.07) is 11.4. The largest absolute Gasteiger partial charge is 0.355 e. The summed E-state index contributed by atoms with van der Waals surface area (Å²) in [5, 5.41) is 9.20. The van der Waals surface area contributed by atoms with Crippen LogP contribution in [-0.4, -0.2) is 31.6 Å². The summed E-state index contributed by atoms with van der Waals surface area (Å²) in [5.74, 6) is -0.657. The van der Waals surface area contributed by atoms with Gasteiger partial charge in [0.25, 0.3) is 5.91 Å². The molecule has 0 aliphatic heterocycles. The molecule has 0 bridgehead atoms. The summed E-state index contributed by atoms with van der Waals surface area (Å²) in [4.78, 5) is 11.6. The van der Waals surface area contributed by atoms with Crippen LogP contribution in [0.25, 0.3) is 11.3 Å². The Kier molecular flexibility index (Phi) is 5.33. The Labute approximate surface area is 155 Å². The van der Waals surface area contributed by atoms with Crippen LogP contribution >= 0.6 is 0 Å². The summed E-state index contributed by atoms with van der Waals surface area (Å²) in [6.07, 6.45) is 1.51. The minimum absolute atomic E-state index is 0.00272. The number of aromatic amines is 1. The fraction of sp³-hybridized carbons (Fsp3) is 0.111. The lowest BCUT2D eigenvalue weighted by Gasteiger charge is -2.08. The molecule has 1 amide bonds. The normalized spacial score (nSPS) is 11.3. The molecule has 0 aliphatic carbocycles. The van der Waals surface area contributed by atoms with Gasteiger partial charge < -0.3 is 5.32 Å². The molecule has 0 saturated heterocycles. The number of amides is 1. The Morgan fingerprint density at radius 1 is 1.11 bits per heavy atom. The molecule has 0 atom stereocenters. The van der Waals surface area contributed by atoms with Crippen LogP contribution in [0, 0.1) is 5.82 Å². The number of carbonyl (C=O) groups excluding carboxylic acids is 1. The second-order valence-corrected chi connectivity index (χ2v) is 7.47. The van der Waals surface area contributed by atoms with E-state index in [0.29, 0.717) is 22.4 Å². The van der Waals surface area contributed by atoms with Crippen LogP contribution in [-0.2, 0) is 16.6 Å². The lowest BCUT2D eigenvalue weighted by atomic mass is 10.1. The van der Waals surface area contributed by atoms with Gasteiger partial charge in [0.2, 0.25) is 10.0 Å². The van der Waals surface area contributed by atoms with Gasteiger partial charge in [-0.3, -0.25) is 9.89 Å². The second kappa shape index (κ2) is 7.68. The smallest absolute Gasteiger partial charge is 0.251 e. The number of hydrogen-bond donors (Lipinski definition) is 3. The first kappa shape index (κ1) is 18.7. The zero-order valence-electron chi connectivity index (χ0n) is 14.4. The molecule has 0 spiro atoms. The number of nitrogens with zero attached hydrogens (tertiary/aromatic N) is 1. The van der Waals surface area contributed by atoms with Crippen LogP contribution in [0.3, 0.4) is 0 Å². The molecule has 3 aromatic rings. The molecular weight excluding hydrogens is 371 g/mol. The number of carbonyl (C=O) groups is 1. The van der Waals surface area contributed by atoms with Crippen molar-refractivity contribution in [1.29, 1.82) is 0 Å². The molecule has 2 aromatic carbocycles. The van der Waals surface area contributed by atoms with E-state index in [-0.39, 0.29) is 23.2 Å². The Balaban J connectivity index is 1.76. The van der Waals surface area contributed by atoms with Gasteiger partial charge >= 0.3 is 0 Å². The zero-order chi connectivity index (χ0) is 19.4. The van der Waals surface area contributed by atoms with Gasteiger partial charge in [-0.2, -0.15) is 5.10 Å². The molecule has 0 saturated carbocycles. The molecular formula is C18H17FN4O3S. The van der Waals surface area contributed by atoms with Crippen LogP contribution in [0.2, 0.25) is 0 Å². The van der Waals surface area contributed by atoms with Crippen LogP contribution in [0.4, 0.5) is 4.39 Å². The Morgan fingerprint density at radius 2 is 1.78 bits per heavy atom. The van der Waals surface area contributed by atoms with E-state index in [2.05, 4.69) is 20.2 Å². The first-order valence-corrected chi connectivity index (χ1v) is 9.49. The van der Waals surface area contributed by atoms with E-state index >= 15 is 0 Å². The number of nitrogens with one attached hydrogen (secondary N) is 3. The maximum atomic E-state index is 13.1. The number of H-pyrrole nitrogens is 1. The summed E-state index contributed by atoms with van der Waals surface area (Å²) >= 11 is 0. The van der Waals surface area contributed by atoms with Crippen molar-refractivity contribution in [1.82, 2.24) is 20.2 Å². The number of halogens is 1. The average Bonchev–Trinajstić information content (AvgIpc) is 3.15. The third kappa shape index (κ3) is 4.21. The van der Waals surface area contributed by atoms with Gasteiger partial charge in [-0.25, -0.2) is 17.5 Å². The predicted octanol–water partition coefficient (Wildman–Crippen LogP) is 2.05. The van der Waals surface area contributed by atoms with Crippen molar-refractivity contribution in [2.45, 2.75) is 11.4 Å². The van der Waals surface area contributed by atoms with Crippen molar-refractivity contribution in [2.24, 2.45) is 0 Å². The molecule has 0 radical (unpaired) electrons. The van der Waals surface area contributed by atoms with Crippen LogP contribution in [0.1, 0.15) is 15.9 Å². The lowest BCUT2D eigenvalue weighted by Crippen LogP contribution is -2.23. The molecule has 7 nitrogen and oxygen atoms in total. The van der Waals surface area contributed by atoms with Gasteiger partial charge in [0.1, 0.15) is 5.82 Å². The number of aromatic nitrogens is 2. The van der Waals surface area contributed by atoms with E-state index in [1.807, 2.05) is 0 Å². The highest BCUT2D eigenvalue weighted by molar-refractivity contribution is 7.89. The molecule has 9 heteroatoms. The van der Waals surface area contributed by atoms with Crippen molar-refractivity contribution in [3.63, 3.8) is 0 Å². The molecule has 0 fully saturated rings. The molecule has 3 rings (SSSR count). The van der Waals surface area contributed by atoms with E-state index in [9.17, 15) is 17.6 Å². The first-order chi connectivity index (χ1) is 12.9. The van der Waals surface area contributed by atoms with E-state index in [0.717, 1.165) is 0 Å². The van der Waals surface area contributed by atoms with Gasteiger partial charge in [-0.1, -0.05) is 0 Å². The van der Waals surface area contributed by atoms with E-state index < -0.39 is 10.0 Å². The quantitative estimate of drug-likeness (QED) is 0.601. The summed E-state index contributed by atoms with van der Waals surface area (Å²) in [6.45, 7) is 0.00272. The molecule has 0 aliphatic rings. The minimum atomic E-state index is -3.77. The molecule has 3 N–H and O–H groups in total. The number of hydrogen-bond acceptors (Lipinski definition) is 4. The highest BCUT2D eigenvalue weighted by atomic mass is 32.2. The van der Waals surface area contributed by atoms with Crippen molar-refractivity contribution < 1.29 is 17.6 Å². The zero-order valence-corrected chi connectivity index (χ0v) is 15.2. The standard InChI is InChI=1S/C18H17FN4O3S/c1-20-18(24)13-4-8-16(9-5-13)27(25,26)22-11-14-10-21-23-17(14)12-2-6-15(19)7-3-12/h2-10,22H,11H2,1H3,(H,20,24)(H,21,23). The molecule has 1 aromatic heterocycles. The maximum absolute atomic E-state index is 13.1. The topological polar surface area (TPSA) is 104 Å². The Bertz CT molecular complexity index is 1040. The number of benzene rings is 2. The van der Waals surface area contributed by atoms with Crippen molar-refractivity contribution in [3.8, 4) is 11.3 Å². The molecule has 0 unspecified atom stereocenters. The van der Waals surface area contributed by atoms with Gasteiger partial charge in [0.05, 0.1) is 16.8 Å². The van der Waals surface area contributed by atoms with Crippen LogP contribution in [0.5, 0.6) is 0 Å². The van der Waals surface area contributed by atoms with Gasteiger partial charge in [-0.05, 0) is 48.5 Å². The lowest BCUT2D eigenvalue weighted by molar-refractivity contribution is 0.0963. The van der Waals surface area contributed by atoms with E-state index in [1.165, 1.54) is 49.6 Å². The Hall–Kier alpha value is -3.04. The third-order valence-electron chi connectivity index (χ3n) is 3.96. The molecule has 27 heavy (non-hydrogen) atoms. The van der Waals surface area contributed by atoms with Crippen LogP contribution < -0.4 is 10.0 Å². The third-order valence-corrected chi connectivity index (χ3v) is 5.37. The fourth-order valence-electron chi connectivity index (χ4n) is 2.50. The van der Waals surface area contributed by atoms with Crippen molar-refractivity contribution in [2.75, 3.05) is 7.05 Å². The highest BCUT2D eigenvalue weighted by Crippen LogP contribution is 2.22.